The average Bonchev–Trinajstić information content (AvgIpc) is 2.73. The Labute approximate surface area is 185 Å². The first-order valence-corrected chi connectivity index (χ1v) is 11.5. The van der Waals surface area contributed by atoms with Gasteiger partial charge in [0.05, 0.1) is 10.6 Å². The number of carbonyl (C=O) groups is 2. The molecule has 0 spiro atoms. The van der Waals surface area contributed by atoms with Crippen LogP contribution in [0.1, 0.15) is 29.6 Å². The van der Waals surface area contributed by atoms with Gasteiger partial charge in [-0.15, -0.1) is 0 Å². The number of anilines is 1. The third kappa shape index (κ3) is 5.51. The third-order valence-corrected chi connectivity index (χ3v) is 7.16. The summed E-state index contributed by atoms with van der Waals surface area (Å²) in [6.45, 7) is 0.288. The summed E-state index contributed by atoms with van der Waals surface area (Å²) in [5, 5.41) is 3.03. The van der Waals surface area contributed by atoms with E-state index in [2.05, 4.69) is 5.32 Å². The van der Waals surface area contributed by atoms with Crippen molar-refractivity contribution >= 4 is 50.8 Å². The summed E-state index contributed by atoms with van der Waals surface area (Å²) in [4.78, 5) is 24.2. The molecule has 30 heavy (non-hydrogen) atoms. The van der Waals surface area contributed by atoms with Gasteiger partial charge in [-0.3, -0.25) is 4.79 Å². The number of benzene rings is 2. The van der Waals surface area contributed by atoms with Gasteiger partial charge in [-0.25, -0.2) is 13.2 Å². The van der Waals surface area contributed by atoms with Gasteiger partial charge < -0.3 is 10.1 Å². The summed E-state index contributed by atoms with van der Waals surface area (Å²) < 4.78 is 32.2. The highest BCUT2D eigenvalue weighted by molar-refractivity contribution is 7.89. The molecule has 1 amide bonds. The monoisotopic (exact) mass is 470 g/mol. The maximum atomic E-state index is 12.9. The number of hydrogen-bond acceptors (Lipinski definition) is 5. The van der Waals surface area contributed by atoms with E-state index in [4.69, 9.17) is 27.9 Å². The van der Waals surface area contributed by atoms with Gasteiger partial charge >= 0.3 is 5.97 Å². The maximum Gasteiger partial charge on any atom is 0.338 e. The van der Waals surface area contributed by atoms with Gasteiger partial charge in [-0.2, -0.15) is 4.31 Å². The van der Waals surface area contributed by atoms with E-state index in [0.717, 1.165) is 19.3 Å². The number of nitrogens with one attached hydrogen (secondary N) is 1. The summed E-state index contributed by atoms with van der Waals surface area (Å²) in [5.41, 5.74) is 0.454. The van der Waals surface area contributed by atoms with Crippen molar-refractivity contribution < 1.29 is 22.7 Å². The first-order valence-electron chi connectivity index (χ1n) is 9.29. The number of esters is 1. The van der Waals surface area contributed by atoms with Crippen molar-refractivity contribution in [3.8, 4) is 0 Å². The van der Waals surface area contributed by atoms with Crippen molar-refractivity contribution in [3.05, 3.63) is 58.1 Å². The van der Waals surface area contributed by atoms with Crippen molar-refractivity contribution in [2.75, 3.05) is 25.0 Å². The van der Waals surface area contributed by atoms with Gasteiger partial charge in [0.25, 0.3) is 5.91 Å². The Kier molecular flexibility index (Phi) is 7.36. The smallest absolute Gasteiger partial charge is 0.338 e. The number of nitrogens with zero attached hydrogens (tertiary/aromatic N) is 1. The second-order valence-corrected chi connectivity index (χ2v) is 9.49. The van der Waals surface area contributed by atoms with Gasteiger partial charge in [-0.1, -0.05) is 35.7 Å². The van der Waals surface area contributed by atoms with Crippen LogP contribution in [-0.2, 0) is 19.6 Å². The first kappa shape index (κ1) is 22.6. The summed E-state index contributed by atoms with van der Waals surface area (Å²) in [7, 11) is -3.82. The molecule has 1 aliphatic heterocycles. The molecule has 2 aromatic rings. The van der Waals surface area contributed by atoms with Crippen LogP contribution in [0, 0.1) is 0 Å². The van der Waals surface area contributed by atoms with Crippen LogP contribution in [-0.4, -0.2) is 44.3 Å². The van der Waals surface area contributed by atoms with Crippen LogP contribution in [0.2, 0.25) is 10.0 Å². The fourth-order valence-corrected chi connectivity index (χ4v) is 5.26. The molecule has 0 atom stereocenters. The zero-order valence-electron chi connectivity index (χ0n) is 15.9. The molecule has 0 aromatic heterocycles. The SMILES string of the molecule is O=C(COC(=O)c1ccc(Cl)c(S(=O)(=O)N2CCCCC2)c1)Nc1cccc(Cl)c1. The minimum absolute atomic E-state index is 0.00876. The van der Waals surface area contributed by atoms with Gasteiger partial charge in [-0.05, 0) is 49.2 Å². The normalized spacial score (nSPS) is 14.9. The number of piperidine rings is 1. The number of halogens is 2. The minimum Gasteiger partial charge on any atom is -0.452 e. The molecule has 1 heterocycles. The molecule has 1 N–H and O–H groups in total. The van der Waals surface area contributed by atoms with E-state index in [9.17, 15) is 18.0 Å². The van der Waals surface area contributed by atoms with E-state index in [0.29, 0.717) is 23.8 Å². The van der Waals surface area contributed by atoms with Crippen LogP contribution in [0.5, 0.6) is 0 Å². The average molecular weight is 471 g/mol. The van der Waals surface area contributed by atoms with E-state index in [-0.39, 0.29) is 15.5 Å². The summed E-state index contributed by atoms with van der Waals surface area (Å²) in [6, 6.07) is 10.4. The van der Waals surface area contributed by atoms with E-state index in [1.807, 2.05) is 0 Å². The van der Waals surface area contributed by atoms with Crippen LogP contribution in [0.3, 0.4) is 0 Å². The second kappa shape index (κ2) is 9.78. The summed E-state index contributed by atoms with van der Waals surface area (Å²) in [5.74, 6) is -1.39. The molecule has 0 saturated carbocycles. The molecule has 7 nitrogen and oxygen atoms in total. The Morgan fingerprint density at radius 2 is 1.77 bits per heavy atom. The van der Waals surface area contributed by atoms with Crippen LogP contribution >= 0.6 is 23.2 Å². The van der Waals surface area contributed by atoms with Crippen molar-refractivity contribution in [2.45, 2.75) is 24.2 Å². The quantitative estimate of drug-likeness (QED) is 0.644. The van der Waals surface area contributed by atoms with E-state index in [1.54, 1.807) is 24.3 Å². The molecule has 0 radical (unpaired) electrons. The van der Waals surface area contributed by atoms with E-state index >= 15 is 0 Å². The lowest BCUT2D eigenvalue weighted by molar-refractivity contribution is -0.119. The van der Waals surface area contributed by atoms with Gasteiger partial charge in [0.1, 0.15) is 4.90 Å². The number of ether oxygens (including phenoxy) is 1. The highest BCUT2D eigenvalue weighted by Gasteiger charge is 2.29. The van der Waals surface area contributed by atoms with Gasteiger partial charge in [0.15, 0.2) is 6.61 Å². The lowest BCUT2D eigenvalue weighted by Gasteiger charge is -2.26. The molecule has 0 bridgehead atoms. The molecule has 1 aliphatic rings. The molecule has 3 rings (SSSR count). The van der Waals surface area contributed by atoms with Crippen molar-refractivity contribution in [1.82, 2.24) is 4.31 Å². The summed E-state index contributed by atoms with van der Waals surface area (Å²) >= 11 is 12.0. The highest BCUT2D eigenvalue weighted by Crippen LogP contribution is 2.28. The molecular weight excluding hydrogens is 451 g/mol. The zero-order chi connectivity index (χ0) is 21.7. The lowest BCUT2D eigenvalue weighted by atomic mass is 10.2. The molecular formula is C20H20Cl2N2O5S. The Bertz CT molecular complexity index is 1050. The molecule has 0 aliphatic carbocycles. The first-order chi connectivity index (χ1) is 14.3. The second-order valence-electron chi connectivity index (χ2n) is 6.74. The standard InChI is InChI=1S/C20H20Cl2N2O5S/c21-15-5-4-6-16(12-15)23-19(25)13-29-20(26)14-7-8-17(22)18(11-14)30(27,28)24-9-2-1-3-10-24/h4-8,11-12H,1-3,9-10,13H2,(H,23,25). The molecule has 10 heteroatoms. The Morgan fingerprint density at radius 3 is 2.47 bits per heavy atom. The lowest BCUT2D eigenvalue weighted by Crippen LogP contribution is -2.35. The highest BCUT2D eigenvalue weighted by atomic mass is 35.5. The number of hydrogen-bond donors (Lipinski definition) is 1. The molecule has 0 unspecified atom stereocenters. The Hall–Kier alpha value is -2.13. The van der Waals surface area contributed by atoms with E-state index < -0.39 is 28.5 Å². The predicted molar refractivity (Wildman–Crippen MR) is 114 cm³/mol. The molecule has 2 aromatic carbocycles. The minimum atomic E-state index is -3.82. The number of rotatable bonds is 6. The number of amides is 1. The largest absolute Gasteiger partial charge is 0.452 e. The van der Waals surface area contributed by atoms with Crippen LogP contribution in [0.4, 0.5) is 5.69 Å². The van der Waals surface area contributed by atoms with Crippen molar-refractivity contribution in [2.24, 2.45) is 0 Å². The van der Waals surface area contributed by atoms with Crippen LogP contribution in [0.15, 0.2) is 47.4 Å². The topological polar surface area (TPSA) is 92.8 Å². The van der Waals surface area contributed by atoms with Crippen molar-refractivity contribution in [1.29, 1.82) is 0 Å². The Balaban J connectivity index is 1.67. The molecule has 1 fully saturated rings. The fourth-order valence-electron chi connectivity index (χ4n) is 3.05. The van der Waals surface area contributed by atoms with Gasteiger partial charge in [0.2, 0.25) is 10.0 Å². The Morgan fingerprint density at radius 1 is 1.03 bits per heavy atom. The van der Waals surface area contributed by atoms with Gasteiger partial charge in [0, 0.05) is 23.8 Å². The van der Waals surface area contributed by atoms with Crippen LogP contribution < -0.4 is 5.32 Å². The number of sulfonamides is 1. The number of carbonyl (C=O) groups excluding carboxylic acids is 2. The molecule has 160 valence electrons. The fraction of sp³-hybridized carbons (Fsp3) is 0.300. The maximum absolute atomic E-state index is 12.9. The zero-order valence-corrected chi connectivity index (χ0v) is 18.3. The molecule has 1 saturated heterocycles. The third-order valence-electron chi connectivity index (χ3n) is 4.54. The summed E-state index contributed by atoms with van der Waals surface area (Å²) in [6.07, 6.45) is 2.53. The predicted octanol–water partition coefficient (Wildman–Crippen LogP) is 3.96. The van der Waals surface area contributed by atoms with Crippen LogP contribution in [0.25, 0.3) is 0 Å². The van der Waals surface area contributed by atoms with E-state index in [1.165, 1.54) is 22.5 Å². The van der Waals surface area contributed by atoms with Crippen molar-refractivity contribution in [3.63, 3.8) is 0 Å².